The monoisotopic (exact) mass is 324 g/mol. The standard InChI is InChI=1S/C17H16N4O3/c1-11(2)21-17(23)14-8-4-3-7-13(14)15(20-21)16(22)19-18-10-12-6-5-9-24-12/h3-11H,1-2H3,(H,19,22)/b18-10-. The zero-order valence-electron chi connectivity index (χ0n) is 13.3. The van der Waals surface area contributed by atoms with Crippen LogP contribution >= 0.6 is 0 Å². The highest BCUT2D eigenvalue weighted by Crippen LogP contribution is 2.14. The van der Waals surface area contributed by atoms with Gasteiger partial charge in [-0.15, -0.1) is 0 Å². The first-order valence-corrected chi connectivity index (χ1v) is 7.46. The van der Waals surface area contributed by atoms with Crippen LogP contribution in [0.3, 0.4) is 0 Å². The van der Waals surface area contributed by atoms with Crippen molar-refractivity contribution in [3.05, 3.63) is 64.5 Å². The summed E-state index contributed by atoms with van der Waals surface area (Å²) in [4.78, 5) is 24.9. The van der Waals surface area contributed by atoms with E-state index in [0.717, 1.165) is 0 Å². The molecular formula is C17H16N4O3. The van der Waals surface area contributed by atoms with Gasteiger partial charge in [0.25, 0.3) is 11.5 Å². The van der Waals surface area contributed by atoms with Gasteiger partial charge in [-0.05, 0) is 32.0 Å². The van der Waals surface area contributed by atoms with Gasteiger partial charge in [0.05, 0.1) is 23.9 Å². The molecule has 7 heteroatoms. The minimum atomic E-state index is -0.497. The predicted octanol–water partition coefficient (Wildman–Crippen LogP) is 2.33. The lowest BCUT2D eigenvalue weighted by Gasteiger charge is -2.12. The van der Waals surface area contributed by atoms with Gasteiger partial charge in [-0.1, -0.05) is 18.2 Å². The second-order valence-corrected chi connectivity index (χ2v) is 5.45. The molecule has 0 aliphatic rings. The van der Waals surface area contributed by atoms with Crippen LogP contribution in [0.15, 0.2) is 57.0 Å². The van der Waals surface area contributed by atoms with Crippen LogP contribution in [0.4, 0.5) is 0 Å². The van der Waals surface area contributed by atoms with Gasteiger partial charge in [0.2, 0.25) is 0 Å². The van der Waals surface area contributed by atoms with Crippen LogP contribution in [-0.2, 0) is 0 Å². The van der Waals surface area contributed by atoms with E-state index in [2.05, 4.69) is 15.6 Å². The molecule has 24 heavy (non-hydrogen) atoms. The minimum absolute atomic E-state index is 0.149. The Balaban J connectivity index is 2.00. The molecule has 0 aliphatic heterocycles. The number of carbonyl (C=O) groups is 1. The number of nitrogens with one attached hydrogen (secondary N) is 1. The first kappa shape index (κ1) is 15.7. The second-order valence-electron chi connectivity index (χ2n) is 5.45. The van der Waals surface area contributed by atoms with Crippen molar-refractivity contribution >= 4 is 22.9 Å². The van der Waals surface area contributed by atoms with Gasteiger partial charge in [-0.3, -0.25) is 9.59 Å². The fourth-order valence-corrected chi connectivity index (χ4v) is 2.30. The number of rotatable bonds is 4. The number of fused-ring (bicyclic) bond motifs is 1. The van der Waals surface area contributed by atoms with E-state index in [1.807, 2.05) is 13.8 Å². The molecule has 7 nitrogen and oxygen atoms in total. The number of hydrogen-bond acceptors (Lipinski definition) is 5. The smallest absolute Gasteiger partial charge is 0.292 e. The van der Waals surface area contributed by atoms with Gasteiger partial charge in [-0.25, -0.2) is 10.1 Å². The zero-order valence-corrected chi connectivity index (χ0v) is 13.3. The first-order chi connectivity index (χ1) is 11.6. The Bertz CT molecular complexity index is 956. The van der Waals surface area contributed by atoms with Crippen molar-refractivity contribution in [1.82, 2.24) is 15.2 Å². The number of hydrogen-bond donors (Lipinski definition) is 1. The number of amides is 1. The lowest BCUT2D eigenvalue weighted by Crippen LogP contribution is -2.30. The summed E-state index contributed by atoms with van der Waals surface area (Å²) in [7, 11) is 0. The van der Waals surface area contributed by atoms with Gasteiger partial charge in [0.1, 0.15) is 5.76 Å². The molecule has 0 atom stereocenters. The fourth-order valence-electron chi connectivity index (χ4n) is 2.30. The SMILES string of the molecule is CC(C)n1nc(C(=O)N/N=C\c2ccco2)c2ccccc2c1=O. The van der Waals surface area contributed by atoms with E-state index < -0.39 is 5.91 Å². The summed E-state index contributed by atoms with van der Waals surface area (Å²) in [6.45, 7) is 3.67. The molecule has 0 radical (unpaired) electrons. The van der Waals surface area contributed by atoms with Gasteiger partial charge in [0, 0.05) is 5.39 Å². The van der Waals surface area contributed by atoms with Crippen molar-refractivity contribution in [1.29, 1.82) is 0 Å². The normalized spacial score (nSPS) is 11.5. The maximum Gasteiger partial charge on any atom is 0.292 e. The van der Waals surface area contributed by atoms with Crippen LogP contribution in [-0.4, -0.2) is 21.9 Å². The lowest BCUT2D eigenvalue weighted by atomic mass is 10.1. The number of nitrogens with zero attached hydrogens (tertiary/aromatic N) is 3. The van der Waals surface area contributed by atoms with Crippen LogP contribution in [0, 0.1) is 0 Å². The van der Waals surface area contributed by atoms with E-state index in [1.165, 1.54) is 17.2 Å². The molecule has 1 aromatic carbocycles. The maximum absolute atomic E-state index is 12.4. The van der Waals surface area contributed by atoms with Crippen molar-refractivity contribution in [2.24, 2.45) is 5.10 Å². The number of carbonyl (C=O) groups excluding carboxylic acids is 1. The zero-order chi connectivity index (χ0) is 17.1. The summed E-state index contributed by atoms with van der Waals surface area (Å²) in [5, 5.41) is 9.00. The highest BCUT2D eigenvalue weighted by Gasteiger charge is 2.17. The number of benzene rings is 1. The highest BCUT2D eigenvalue weighted by atomic mass is 16.3. The quantitative estimate of drug-likeness (QED) is 0.589. The van der Waals surface area contributed by atoms with E-state index in [0.29, 0.717) is 16.5 Å². The maximum atomic E-state index is 12.4. The minimum Gasteiger partial charge on any atom is -0.463 e. The third kappa shape index (κ3) is 2.96. The molecule has 0 unspecified atom stereocenters. The van der Waals surface area contributed by atoms with Crippen LogP contribution in [0.1, 0.15) is 36.1 Å². The van der Waals surface area contributed by atoms with Crippen LogP contribution in [0.2, 0.25) is 0 Å². The molecule has 2 heterocycles. The van der Waals surface area contributed by atoms with Gasteiger partial charge in [-0.2, -0.15) is 10.2 Å². The Labute approximate surface area is 137 Å². The molecule has 0 saturated carbocycles. The average Bonchev–Trinajstić information content (AvgIpc) is 3.08. The third-order valence-electron chi connectivity index (χ3n) is 3.43. The van der Waals surface area contributed by atoms with Crippen LogP contribution < -0.4 is 11.0 Å². The summed E-state index contributed by atoms with van der Waals surface area (Å²) < 4.78 is 6.39. The summed E-state index contributed by atoms with van der Waals surface area (Å²) >= 11 is 0. The molecule has 3 rings (SSSR count). The van der Waals surface area contributed by atoms with Crippen molar-refractivity contribution in [3.8, 4) is 0 Å². The Morgan fingerprint density at radius 3 is 2.67 bits per heavy atom. The molecule has 0 aliphatic carbocycles. The van der Waals surface area contributed by atoms with Crippen LogP contribution in [0.5, 0.6) is 0 Å². The number of hydrazone groups is 1. The first-order valence-electron chi connectivity index (χ1n) is 7.46. The molecule has 1 amide bonds. The van der Waals surface area contributed by atoms with Crippen molar-refractivity contribution in [2.45, 2.75) is 19.9 Å². The van der Waals surface area contributed by atoms with Gasteiger partial charge < -0.3 is 4.42 Å². The summed E-state index contributed by atoms with van der Waals surface area (Å²) in [5.74, 6) is 0.0173. The molecule has 3 aromatic rings. The van der Waals surface area contributed by atoms with Gasteiger partial charge in [0.15, 0.2) is 5.69 Å². The molecule has 0 bridgehead atoms. The average molecular weight is 324 g/mol. The summed E-state index contributed by atoms with van der Waals surface area (Å²) in [6, 6.07) is 10.1. The lowest BCUT2D eigenvalue weighted by molar-refractivity contribution is 0.0949. The molecule has 0 fully saturated rings. The molecule has 1 N–H and O–H groups in total. The molecule has 0 spiro atoms. The molecule has 0 saturated heterocycles. The van der Waals surface area contributed by atoms with Crippen LogP contribution in [0.25, 0.3) is 10.8 Å². The highest BCUT2D eigenvalue weighted by molar-refractivity contribution is 6.04. The fraction of sp³-hybridized carbons (Fsp3) is 0.176. The number of aromatic nitrogens is 2. The third-order valence-corrected chi connectivity index (χ3v) is 3.43. The Morgan fingerprint density at radius 2 is 2.00 bits per heavy atom. The summed E-state index contributed by atoms with van der Waals surface area (Å²) in [5.41, 5.74) is 2.33. The van der Waals surface area contributed by atoms with E-state index in [-0.39, 0.29) is 17.3 Å². The van der Waals surface area contributed by atoms with Crippen molar-refractivity contribution in [2.75, 3.05) is 0 Å². The van der Waals surface area contributed by atoms with Crippen molar-refractivity contribution in [3.63, 3.8) is 0 Å². The van der Waals surface area contributed by atoms with Crippen molar-refractivity contribution < 1.29 is 9.21 Å². The van der Waals surface area contributed by atoms with E-state index in [4.69, 9.17) is 4.42 Å². The second kappa shape index (κ2) is 6.49. The van der Waals surface area contributed by atoms with E-state index >= 15 is 0 Å². The molecular weight excluding hydrogens is 308 g/mol. The predicted molar refractivity (Wildman–Crippen MR) is 90.2 cm³/mol. The molecule has 2 aromatic heterocycles. The Hall–Kier alpha value is -3.22. The topological polar surface area (TPSA) is 89.5 Å². The largest absolute Gasteiger partial charge is 0.463 e. The van der Waals surface area contributed by atoms with E-state index in [1.54, 1.807) is 36.4 Å². The molecule has 122 valence electrons. The Morgan fingerprint density at radius 1 is 1.25 bits per heavy atom. The van der Waals surface area contributed by atoms with E-state index in [9.17, 15) is 9.59 Å². The summed E-state index contributed by atoms with van der Waals surface area (Å²) in [6.07, 6.45) is 2.90. The van der Waals surface area contributed by atoms with Gasteiger partial charge >= 0.3 is 0 Å². The number of furan rings is 1. The Kier molecular flexibility index (Phi) is 4.24.